The third-order valence-corrected chi connectivity index (χ3v) is 2.26. The highest BCUT2D eigenvalue weighted by atomic mass is 79.9. The third-order valence-electron chi connectivity index (χ3n) is 1.83. The molecule has 5 heteroatoms. The number of fused-ring (bicyclic) bond motifs is 1. The van der Waals surface area contributed by atoms with Crippen LogP contribution in [0.4, 0.5) is 5.82 Å². The summed E-state index contributed by atoms with van der Waals surface area (Å²) >= 11 is 3.33. The molecule has 1 aliphatic rings. The highest BCUT2D eigenvalue weighted by molar-refractivity contribution is 9.10. The Bertz CT molecular complexity index is 353. The Labute approximate surface area is 83.9 Å². The molecule has 0 aliphatic carbocycles. The van der Waals surface area contributed by atoms with E-state index in [1.807, 2.05) is 6.07 Å². The lowest BCUT2D eigenvalue weighted by molar-refractivity contribution is -0.119. The summed E-state index contributed by atoms with van der Waals surface area (Å²) in [5.41, 5.74) is 1.00. The van der Waals surface area contributed by atoms with Gasteiger partial charge in [0.15, 0.2) is 0 Å². The predicted molar refractivity (Wildman–Crippen MR) is 52.3 cm³/mol. The summed E-state index contributed by atoms with van der Waals surface area (Å²) in [7, 11) is 0. The van der Waals surface area contributed by atoms with Crippen LogP contribution < -0.4 is 10.6 Å². The summed E-state index contributed by atoms with van der Waals surface area (Å²) in [5.74, 6) is 0.774. The van der Waals surface area contributed by atoms with Crippen LogP contribution in [0.3, 0.4) is 0 Å². The fourth-order valence-electron chi connectivity index (χ4n) is 1.20. The van der Waals surface area contributed by atoms with Gasteiger partial charge < -0.3 is 10.6 Å². The second kappa shape index (κ2) is 3.33. The monoisotopic (exact) mass is 241 g/mol. The summed E-state index contributed by atoms with van der Waals surface area (Å²) in [4.78, 5) is 15.2. The van der Waals surface area contributed by atoms with Crippen LogP contribution in [0.2, 0.25) is 0 Å². The predicted octanol–water partition coefficient (Wildman–Crippen LogP) is 0.886. The molecule has 0 radical (unpaired) electrons. The number of halogens is 1. The SMILES string of the molecule is O=C1CNc2ncc(Br)cc2CN1. The van der Waals surface area contributed by atoms with Gasteiger partial charge in [0.25, 0.3) is 0 Å². The zero-order valence-corrected chi connectivity index (χ0v) is 8.39. The van der Waals surface area contributed by atoms with E-state index in [2.05, 4.69) is 31.5 Å². The van der Waals surface area contributed by atoms with Crippen LogP contribution in [0.1, 0.15) is 5.56 Å². The Morgan fingerprint density at radius 3 is 3.08 bits per heavy atom. The van der Waals surface area contributed by atoms with Crippen LogP contribution in [0, 0.1) is 0 Å². The maximum absolute atomic E-state index is 11.0. The van der Waals surface area contributed by atoms with Crippen molar-refractivity contribution < 1.29 is 4.79 Å². The van der Waals surface area contributed by atoms with E-state index < -0.39 is 0 Å². The Balaban J connectivity index is 2.35. The number of hydrogen-bond donors (Lipinski definition) is 2. The first kappa shape index (κ1) is 8.50. The van der Waals surface area contributed by atoms with Gasteiger partial charge in [-0.1, -0.05) is 0 Å². The lowest BCUT2D eigenvalue weighted by Gasteiger charge is -2.04. The number of nitrogens with one attached hydrogen (secondary N) is 2. The number of rotatable bonds is 0. The van der Waals surface area contributed by atoms with Gasteiger partial charge in [0.05, 0.1) is 6.54 Å². The van der Waals surface area contributed by atoms with Gasteiger partial charge in [-0.25, -0.2) is 4.98 Å². The summed E-state index contributed by atoms with van der Waals surface area (Å²) in [6, 6.07) is 1.95. The molecule has 2 heterocycles. The van der Waals surface area contributed by atoms with Crippen LogP contribution in [0.15, 0.2) is 16.7 Å². The van der Waals surface area contributed by atoms with Crippen molar-refractivity contribution in [3.8, 4) is 0 Å². The maximum atomic E-state index is 11.0. The summed E-state index contributed by atoms with van der Waals surface area (Å²) in [6.07, 6.45) is 1.71. The maximum Gasteiger partial charge on any atom is 0.239 e. The highest BCUT2D eigenvalue weighted by Crippen LogP contribution is 2.18. The molecule has 1 aromatic heterocycles. The molecule has 0 fully saturated rings. The van der Waals surface area contributed by atoms with Crippen molar-refractivity contribution >= 4 is 27.7 Å². The van der Waals surface area contributed by atoms with Gasteiger partial charge in [0.2, 0.25) is 5.91 Å². The average molecular weight is 242 g/mol. The minimum absolute atomic E-state index is 0.00544. The van der Waals surface area contributed by atoms with E-state index in [9.17, 15) is 4.79 Å². The van der Waals surface area contributed by atoms with Gasteiger partial charge in [-0.05, 0) is 22.0 Å². The molecule has 0 unspecified atom stereocenters. The number of nitrogens with zero attached hydrogens (tertiary/aromatic N) is 1. The van der Waals surface area contributed by atoms with E-state index in [1.54, 1.807) is 6.20 Å². The fourth-order valence-corrected chi connectivity index (χ4v) is 1.57. The first-order valence-electron chi connectivity index (χ1n) is 3.91. The van der Waals surface area contributed by atoms with Crippen molar-refractivity contribution in [3.63, 3.8) is 0 Å². The van der Waals surface area contributed by atoms with E-state index in [0.717, 1.165) is 15.9 Å². The first-order chi connectivity index (χ1) is 6.25. The molecular formula is C8H8BrN3O. The Hall–Kier alpha value is -1.10. The molecule has 0 atom stereocenters. The molecule has 1 amide bonds. The molecule has 2 rings (SSSR count). The molecule has 0 spiro atoms. The first-order valence-corrected chi connectivity index (χ1v) is 4.70. The molecule has 68 valence electrons. The Kier molecular flexibility index (Phi) is 2.18. The van der Waals surface area contributed by atoms with Crippen molar-refractivity contribution in [3.05, 3.63) is 22.3 Å². The van der Waals surface area contributed by atoms with Gasteiger partial charge in [0.1, 0.15) is 5.82 Å². The van der Waals surface area contributed by atoms with Crippen LogP contribution in [-0.2, 0) is 11.3 Å². The normalized spacial score (nSPS) is 15.3. The van der Waals surface area contributed by atoms with E-state index in [1.165, 1.54) is 0 Å². The van der Waals surface area contributed by atoms with Crippen molar-refractivity contribution in [1.82, 2.24) is 10.3 Å². The molecule has 2 N–H and O–H groups in total. The zero-order chi connectivity index (χ0) is 9.26. The molecule has 0 aromatic carbocycles. The topological polar surface area (TPSA) is 54.0 Å². The van der Waals surface area contributed by atoms with Gasteiger partial charge in [0, 0.05) is 22.8 Å². The van der Waals surface area contributed by atoms with Gasteiger partial charge in [-0.15, -0.1) is 0 Å². The molecule has 0 saturated heterocycles. The number of amides is 1. The number of anilines is 1. The molecule has 0 bridgehead atoms. The summed E-state index contributed by atoms with van der Waals surface area (Å²) in [5, 5.41) is 5.72. The molecule has 0 saturated carbocycles. The fraction of sp³-hybridized carbons (Fsp3) is 0.250. The van der Waals surface area contributed by atoms with Crippen LogP contribution in [0.25, 0.3) is 0 Å². The van der Waals surface area contributed by atoms with Gasteiger partial charge >= 0.3 is 0 Å². The van der Waals surface area contributed by atoms with E-state index >= 15 is 0 Å². The zero-order valence-electron chi connectivity index (χ0n) is 6.80. The van der Waals surface area contributed by atoms with Crippen LogP contribution in [-0.4, -0.2) is 17.4 Å². The highest BCUT2D eigenvalue weighted by Gasteiger charge is 2.11. The number of hydrogen-bond acceptors (Lipinski definition) is 3. The standard InChI is InChI=1S/C8H8BrN3O/c9-6-1-5-2-10-7(13)4-12-8(5)11-3-6/h1,3H,2,4H2,(H,10,13)(H,11,12). The minimum Gasteiger partial charge on any atom is -0.361 e. The van der Waals surface area contributed by atoms with E-state index in [0.29, 0.717) is 13.1 Å². The molecule has 4 nitrogen and oxygen atoms in total. The molecule has 1 aliphatic heterocycles. The lowest BCUT2D eigenvalue weighted by atomic mass is 10.2. The number of carbonyl (C=O) groups excluding carboxylic acids is 1. The van der Waals surface area contributed by atoms with Crippen molar-refractivity contribution in [2.45, 2.75) is 6.54 Å². The molecule has 1 aromatic rings. The summed E-state index contributed by atoms with van der Waals surface area (Å²) < 4.78 is 0.921. The molecule has 13 heavy (non-hydrogen) atoms. The Morgan fingerprint density at radius 1 is 1.38 bits per heavy atom. The van der Waals surface area contributed by atoms with Crippen molar-refractivity contribution in [2.75, 3.05) is 11.9 Å². The minimum atomic E-state index is -0.00544. The van der Waals surface area contributed by atoms with Crippen LogP contribution in [0.5, 0.6) is 0 Å². The van der Waals surface area contributed by atoms with Gasteiger partial charge in [-0.3, -0.25) is 4.79 Å². The summed E-state index contributed by atoms with van der Waals surface area (Å²) in [6.45, 7) is 0.829. The lowest BCUT2D eigenvalue weighted by Crippen LogP contribution is -2.25. The van der Waals surface area contributed by atoms with Gasteiger partial charge in [-0.2, -0.15) is 0 Å². The second-order valence-corrected chi connectivity index (χ2v) is 3.71. The van der Waals surface area contributed by atoms with Crippen LogP contribution >= 0.6 is 15.9 Å². The van der Waals surface area contributed by atoms with E-state index in [-0.39, 0.29) is 5.91 Å². The average Bonchev–Trinajstić information content (AvgIpc) is 2.29. The smallest absolute Gasteiger partial charge is 0.239 e. The van der Waals surface area contributed by atoms with Crippen molar-refractivity contribution in [1.29, 1.82) is 0 Å². The third kappa shape index (κ3) is 1.80. The largest absolute Gasteiger partial charge is 0.361 e. The molecular weight excluding hydrogens is 234 g/mol. The quantitative estimate of drug-likeness (QED) is 0.710. The van der Waals surface area contributed by atoms with Crippen molar-refractivity contribution in [2.24, 2.45) is 0 Å². The Morgan fingerprint density at radius 2 is 2.23 bits per heavy atom. The number of carbonyl (C=O) groups is 1. The second-order valence-electron chi connectivity index (χ2n) is 2.79. The number of aromatic nitrogens is 1. The number of pyridine rings is 1. The van der Waals surface area contributed by atoms with E-state index in [4.69, 9.17) is 0 Å².